The van der Waals surface area contributed by atoms with Crippen LogP contribution in [0, 0.1) is 12.8 Å². The molecule has 12 heteroatoms. The fraction of sp³-hybridized carbons (Fsp3) is 0.310. The molecule has 2 heterocycles. The highest BCUT2D eigenvalue weighted by molar-refractivity contribution is 7.15. The highest BCUT2D eigenvalue weighted by Crippen LogP contribution is 2.43. The molecular formula is C29H28F3N5O3S. The maximum absolute atomic E-state index is 13.0. The topological polar surface area (TPSA) is 120 Å². The van der Waals surface area contributed by atoms with Gasteiger partial charge in [-0.3, -0.25) is 4.79 Å². The van der Waals surface area contributed by atoms with Crippen molar-refractivity contribution in [2.24, 2.45) is 5.92 Å². The van der Waals surface area contributed by atoms with Crippen molar-refractivity contribution >= 4 is 28.9 Å². The number of amides is 1. The van der Waals surface area contributed by atoms with Gasteiger partial charge in [-0.15, -0.1) is 11.3 Å². The Hall–Kier alpha value is -4.03. The second-order valence-corrected chi connectivity index (χ2v) is 11.2. The summed E-state index contributed by atoms with van der Waals surface area (Å²) in [5.74, 6) is -0.334. The molecule has 4 aromatic rings. The molecule has 41 heavy (non-hydrogen) atoms. The Labute approximate surface area is 238 Å². The van der Waals surface area contributed by atoms with E-state index in [1.807, 2.05) is 19.1 Å². The number of carbonyl (C=O) groups excluding carboxylic acids is 1. The Balaban J connectivity index is 1.24. The van der Waals surface area contributed by atoms with Gasteiger partial charge in [-0.2, -0.15) is 13.2 Å². The SMILES string of the molecule is Cc1cc(Nc2nccc(C(F)(F)F)n2)cc(-c2cnc([C@]3(O)CC[C@@H](C(=O)NCc4cccc(O)c4)CC3)s2)c1. The fourth-order valence-corrected chi connectivity index (χ4v) is 5.95. The molecule has 4 N–H and O–H groups in total. The normalized spacial score (nSPS) is 19.1. The molecule has 214 valence electrons. The maximum atomic E-state index is 13.0. The lowest BCUT2D eigenvalue weighted by atomic mass is 9.78. The summed E-state index contributed by atoms with van der Waals surface area (Å²) in [4.78, 5) is 25.5. The van der Waals surface area contributed by atoms with Gasteiger partial charge >= 0.3 is 6.18 Å². The minimum atomic E-state index is -4.58. The molecule has 0 bridgehead atoms. The number of alkyl halides is 3. The minimum absolute atomic E-state index is 0.0836. The maximum Gasteiger partial charge on any atom is 0.433 e. The van der Waals surface area contributed by atoms with Crippen molar-refractivity contribution in [2.75, 3.05) is 5.32 Å². The van der Waals surface area contributed by atoms with Crippen molar-refractivity contribution < 1.29 is 28.2 Å². The van der Waals surface area contributed by atoms with Crippen molar-refractivity contribution in [2.45, 2.75) is 50.9 Å². The standard InChI is InChI=1S/C29H28F3N5O3S/c1-17-11-20(14-21(12-17)36-27-33-10-7-24(37-27)29(30,31)32)23-16-35-26(41-23)28(40)8-5-19(6-9-28)25(39)34-15-18-3-2-4-22(38)13-18/h2-4,7,10-14,16,19,38,40H,5-6,8-9,15H2,1H3,(H,34,39)(H,33,36,37)/t19-,28+. The van der Waals surface area contributed by atoms with Crippen LogP contribution in [0.4, 0.5) is 24.8 Å². The Morgan fingerprint density at radius 2 is 1.90 bits per heavy atom. The first-order chi connectivity index (χ1) is 19.5. The average molecular weight is 584 g/mol. The van der Waals surface area contributed by atoms with Gasteiger partial charge in [0.1, 0.15) is 22.1 Å². The molecule has 1 aliphatic rings. The number of rotatable bonds is 7. The molecule has 0 atom stereocenters. The van der Waals surface area contributed by atoms with Gasteiger partial charge in [0.05, 0.1) is 4.88 Å². The Morgan fingerprint density at radius 3 is 2.63 bits per heavy atom. The molecule has 2 aromatic heterocycles. The molecule has 1 amide bonds. The predicted octanol–water partition coefficient (Wildman–Crippen LogP) is 6.07. The van der Waals surface area contributed by atoms with Gasteiger partial charge in [-0.05, 0) is 79.6 Å². The zero-order valence-electron chi connectivity index (χ0n) is 22.1. The molecule has 0 unspecified atom stereocenters. The van der Waals surface area contributed by atoms with Gasteiger partial charge in [0.2, 0.25) is 11.9 Å². The van der Waals surface area contributed by atoms with E-state index in [9.17, 15) is 28.2 Å². The molecule has 0 spiro atoms. The monoisotopic (exact) mass is 583 g/mol. The summed E-state index contributed by atoms with van der Waals surface area (Å²) in [6.45, 7) is 2.18. The Bertz CT molecular complexity index is 1550. The van der Waals surface area contributed by atoms with E-state index in [2.05, 4.69) is 25.6 Å². The number of aliphatic hydroxyl groups is 1. The Kier molecular flexibility index (Phi) is 7.96. The number of anilines is 2. The minimum Gasteiger partial charge on any atom is -0.508 e. The third-order valence-corrected chi connectivity index (χ3v) is 8.27. The van der Waals surface area contributed by atoms with Gasteiger partial charge in [0.15, 0.2) is 0 Å². The number of aryl methyl sites for hydroxylation is 1. The highest BCUT2D eigenvalue weighted by Gasteiger charge is 2.39. The number of aromatic hydroxyl groups is 1. The first kappa shape index (κ1) is 28.5. The molecule has 1 fully saturated rings. The van der Waals surface area contributed by atoms with Crippen LogP contribution in [-0.4, -0.2) is 31.1 Å². The van der Waals surface area contributed by atoms with E-state index in [1.165, 1.54) is 11.3 Å². The number of hydrogen-bond donors (Lipinski definition) is 4. The molecule has 0 aliphatic heterocycles. The number of benzene rings is 2. The smallest absolute Gasteiger partial charge is 0.433 e. The van der Waals surface area contributed by atoms with Gasteiger partial charge in [0, 0.05) is 30.5 Å². The number of hydrogen-bond acceptors (Lipinski definition) is 8. The van der Waals surface area contributed by atoms with Crippen molar-refractivity contribution in [1.29, 1.82) is 0 Å². The summed E-state index contributed by atoms with van der Waals surface area (Å²) >= 11 is 1.35. The number of nitrogens with zero attached hydrogens (tertiary/aromatic N) is 3. The molecule has 0 radical (unpaired) electrons. The second-order valence-electron chi connectivity index (χ2n) is 10.2. The van der Waals surface area contributed by atoms with E-state index >= 15 is 0 Å². The van der Waals surface area contributed by atoms with Gasteiger partial charge < -0.3 is 20.8 Å². The largest absolute Gasteiger partial charge is 0.508 e. The van der Waals surface area contributed by atoms with Crippen LogP contribution in [0.25, 0.3) is 10.4 Å². The first-order valence-corrected chi connectivity index (χ1v) is 13.8. The van der Waals surface area contributed by atoms with Crippen molar-refractivity contribution in [1.82, 2.24) is 20.3 Å². The van der Waals surface area contributed by atoms with E-state index < -0.39 is 17.5 Å². The number of halogens is 3. The summed E-state index contributed by atoms with van der Waals surface area (Å²) in [5, 5.41) is 27.3. The zero-order valence-corrected chi connectivity index (χ0v) is 22.9. The van der Waals surface area contributed by atoms with Crippen LogP contribution in [0.5, 0.6) is 5.75 Å². The quantitative estimate of drug-likeness (QED) is 0.208. The lowest BCUT2D eigenvalue weighted by molar-refractivity contribution is -0.141. The van der Waals surface area contributed by atoms with Crippen molar-refractivity contribution in [3.05, 3.63) is 82.8 Å². The van der Waals surface area contributed by atoms with Crippen LogP contribution in [0.3, 0.4) is 0 Å². The number of phenols is 1. The Morgan fingerprint density at radius 1 is 1.12 bits per heavy atom. The number of phenolic OH excluding ortho intramolecular Hbond substituents is 1. The van der Waals surface area contributed by atoms with Crippen LogP contribution in [-0.2, 0) is 23.1 Å². The summed E-state index contributed by atoms with van der Waals surface area (Å²) in [6.07, 6.45) is -0.0644. The second kappa shape index (κ2) is 11.5. The van der Waals surface area contributed by atoms with E-state index in [-0.39, 0.29) is 23.5 Å². The van der Waals surface area contributed by atoms with Crippen molar-refractivity contribution in [3.63, 3.8) is 0 Å². The third kappa shape index (κ3) is 6.83. The third-order valence-electron chi connectivity index (χ3n) is 7.03. The molecular weight excluding hydrogens is 555 g/mol. The van der Waals surface area contributed by atoms with Crippen LogP contribution >= 0.6 is 11.3 Å². The summed E-state index contributed by atoms with van der Waals surface area (Å²) in [5.41, 5.74) is 0.784. The molecule has 5 rings (SSSR count). The highest BCUT2D eigenvalue weighted by atomic mass is 32.1. The lowest BCUT2D eigenvalue weighted by Gasteiger charge is -2.33. The number of nitrogens with one attached hydrogen (secondary N) is 2. The summed E-state index contributed by atoms with van der Waals surface area (Å²) < 4.78 is 39.1. The van der Waals surface area contributed by atoms with E-state index in [4.69, 9.17) is 0 Å². The van der Waals surface area contributed by atoms with Crippen molar-refractivity contribution in [3.8, 4) is 16.2 Å². The van der Waals surface area contributed by atoms with Crippen LogP contribution in [0.15, 0.2) is 60.9 Å². The van der Waals surface area contributed by atoms with Gasteiger partial charge in [-0.25, -0.2) is 15.0 Å². The fourth-order valence-electron chi connectivity index (χ4n) is 4.90. The first-order valence-electron chi connectivity index (χ1n) is 13.0. The van der Waals surface area contributed by atoms with Crippen LogP contribution in [0.1, 0.15) is 47.5 Å². The molecule has 2 aromatic carbocycles. The van der Waals surface area contributed by atoms with Gasteiger partial charge in [0.25, 0.3) is 0 Å². The number of carbonyl (C=O) groups is 1. The predicted molar refractivity (Wildman–Crippen MR) is 148 cm³/mol. The molecule has 0 saturated heterocycles. The van der Waals surface area contributed by atoms with E-state index in [0.29, 0.717) is 42.9 Å². The summed E-state index contributed by atoms with van der Waals surface area (Å²) in [7, 11) is 0. The van der Waals surface area contributed by atoms with Crippen LogP contribution in [0.2, 0.25) is 0 Å². The molecule has 1 aliphatic carbocycles. The zero-order chi connectivity index (χ0) is 29.2. The van der Waals surface area contributed by atoms with E-state index in [1.54, 1.807) is 36.5 Å². The molecule has 1 saturated carbocycles. The number of aromatic nitrogens is 3. The van der Waals surface area contributed by atoms with Gasteiger partial charge in [-0.1, -0.05) is 18.2 Å². The van der Waals surface area contributed by atoms with Crippen LogP contribution < -0.4 is 10.6 Å². The lowest BCUT2D eigenvalue weighted by Crippen LogP contribution is -2.38. The average Bonchev–Trinajstić information content (AvgIpc) is 3.43. The summed E-state index contributed by atoms with van der Waals surface area (Å²) in [6, 6.07) is 13.0. The molecule has 8 nitrogen and oxygen atoms in total. The number of thiazole rings is 1. The van der Waals surface area contributed by atoms with E-state index in [0.717, 1.165) is 33.8 Å².